The van der Waals surface area contributed by atoms with Gasteiger partial charge >= 0.3 is 0 Å². The van der Waals surface area contributed by atoms with Gasteiger partial charge in [-0.15, -0.1) is 10.2 Å². The van der Waals surface area contributed by atoms with Crippen molar-refractivity contribution in [3.63, 3.8) is 0 Å². The van der Waals surface area contributed by atoms with E-state index in [-0.39, 0.29) is 0 Å². The number of rotatable bonds is 9. The van der Waals surface area contributed by atoms with Crippen molar-refractivity contribution < 1.29 is 9.47 Å². The van der Waals surface area contributed by atoms with Crippen LogP contribution >= 0.6 is 0 Å². The molecule has 1 aromatic heterocycles. The van der Waals surface area contributed by atoms with Crippen LogP contribution in [0, 0.1) is 6.92 Å². The quantitative estimate of drug-likeness (QED) is 0.381. The summed E-state index contributed by atoms with van der Waals surface area (Å²) in [6.07, 6.45) is 4.26. The van der Waals surface area contributed by atoms with Gasteiger partial charge in [0.1, 0.15) is 11.6 Å². The highest BCUT2D eigenvalue weighted by atomic mass is 16.5. The first-order valence-corrected chi connectivity index (χ1v) is 10.3. The Balaban J connectivity index is 1.54. The van der Waals surface area contributed by atoms with Crippen LogP contribution in [0.25, 0.3) is 0 Å². The monoisotopic (exact) mass is 400 g/mol. The third-order valence-corrected chi connectivity index (χ3v) is 4.99. The molecule has 8 nitrogen and oxygen atoms in total. The fraction of sp³-hybridized carbons (Fsp3) is 0.571. The highest BCUT2D eigenvalue weighted by molar-refractivity contribution is 5.79. The molecular weight excluding hydrogens is 368 g/mol. The molecule has 0 unspecified atom stereocenters. The smallest absolute Gasteiger partial charge is 0.191 e. The van der Waals surface area contributed by atoms with E-state index < -0.39 is 0 Å². The maximum absolute atomic E-state index is 5.97. The minimum Gasteiger partial charge on any atom is -0.493 e. The van der Waals surface area contributed by atoms with E-state index >= 15 is 0 Å². The Hall–Kier alpha value is -2.61. The lowest BCUT2D eigenvalue weighted by Gasteiger charge is -2.17. The summed E-state index contributed by atoms with van der Waals surface area (Å²) >= 11 is 0. The van der Waals surface area contributed by atoms with E-state index in [0.29, 0.717) is 26.3 Å². The number of nitrogens with zero attached hydrogens (tertiary/aromatic N) is 4. The molecule has 0 aliphatic carbocycles. The molecule has 2 N–H and O–H groups in total. The van der Waals surface area contributed by atoms with Crippen molar-refractivity contribution in [3.8, 4) is 5.75 Å². The largest absolute Gasteiger partial charge is 0.493 e. The van der Waals surface area contributed by atoms with Gasteiger partial charge in [-0.05, 0) is 31.4 Å². The molecule has 8 heteroatoms. The molecule has 0 atom stereocenters. The average Bonchev–Trinajstić information content (AvgIpc) is 3.15. The molecule has 1 aliphatic rings. The maximum atomic E-state index is 5.97. The molecule has 0 saturated carbocycles. The van der Waals surface area contributed by atoms with Gasteiger partial charge < -0.3 is 24.7 Å². The van der Waals surface area contributed by atoms with Gasteiger partial charge in [-0.2, -0.15) is 0 Å². The number of ether oxygens (including phenoxy) is 2. The SMILES string of the molecule is CN=C(NCc1ccc(C)cc1OCCCOC)NCc1nnc2n1CCCC2. The highest BCUT2D eigenvalue weighted by Gasteiger charge is 2.15. The van der Waals surface area contributed by atoms with Crippen LogP contribution in [0.4, 0.5) is 0 Å². The van der Waals surface area contributed by atoms with Crippen LogP contribution in [0.5, 0.6) is 5.75 Å². The molecular formula is C21H32N6O2. The van der Waals surface area contributed by atoms with E-state index in [1.54, 1.807) is 14.2 Å². The van der Waals surface area contributed by atoms with Gasteiger partial charge in [0.2, 0.25) is 0 Å². The Bertz CT molecular complexity index is 817. The molecule has 1 aliphatic heterocycles. The van der Waals surface area contributed by atoms with Gasteiger partial charge in [-0.3, -0.25) is 4.99 Å². The van der Waals surface area contributed by atoms with Crippen molar-refractivity contribution in [1.29, 1.82) is 0 Å². The molecule has 2 aromatic rings. The van der Waals surface area contributed by atoms with Gasteiger partial charge in [0.25, 0.3) is 0 Å². The molecule has 0 saturated heterocycles. The second kappa shape index (κ2) is 10.8. The number of hydrogen-bond donors (Lipinski definition) is 2. The van der Waals surface area contributed by atoms with Crippen molar-refractivity contribution >= 4 is 5.96 Å². The van der Waals surface area contributed by atoms with E-state index in [1.165, 1.54) is 18.4 Å². The van der Waals surface area contributed by atoms with Crippen molar-refractivity contribution in [2.75, 3.05) is 27.4 Å². The molecule has 158 valence electrons. The first-order valence-electron chi connectivity index (χ1n) is 10.3. The van der Waals surface area contributed by atoms with E-state index in [1.807, 2.05) is 0 Å². The third kappa shape index (κ3) is 5.93. The van der Waals surface area contributed by atoms with Crippen LogP contribution in [0.15, 0.2) is 23.2 Å². The van der Waals surface area contributed by atoms with Gasteiger partial charge in [0, 0.05) is 52.3 Å². The number of guanidine groups is 1. The van der Waals surface area contributed by atoms with Gasteiger partial charge in [0.05, 0.1) is 13.2 Å². The number of nitrogens with one attached hydrogen (secondary N) is 2. The van der Waals surface area contributed by atoms with Crippen molar-refractivity contribution in [3.05, 3.63) is 41.0 Å². The summed E-state index contributed by atoms with van der Waals surface area (Å²) in [7, 11) is 3.47. The molecule has 3 rings (SSSR count). The van der Waals surface area contributed by atoms with Gasteiger partial charge in [0.15, 0.2) is 11.8 Å². The minimum atomic E-state index is 0.598. The Morgan fingerprint density at radius 3 is 2.86 bits per heavy atom. The zero-order valence-electron chi connectivity index (χ0n) is 17.7. The number of aromatic nitrogens is 3. The standard InChI is InChI=1S/C21H32N6O2/c1-16-8-9-17(18(13-16)29-12-6-11-28-3)14-23-21(22-2)24-15-20-26-25-19-7-4-5-10-27(19)20/h8-9,13H,4-7,10-12,14-15H2,1-3H3,(H2,22,23,24). The first kappa shape index (κ1) is 21.1. The second-order valence-electron chi connectivity index (χ2n) is 7.23. The Labute approximate surface area is 172 Å². The summed E-state index contributed by atoms with van der Waals surface area (Å²) in [6.45, 7) is 5.62. The van der Waals surface area contributed by atoms with Crippen molar-refractivity contribution in [2.24, 2.45) is 4.99 Å². The van der Waals surface area contributed by atoms with E-state index in [9.17, 15) is 0 Å². The molecule has 0 amide bonds. The number of aryl methyl sites for hydroxylation is 2. The summed E-state index contributed by atoms with van der Waals surface area (Å²) in [5, 5.41) is 15.3. The predicted molar refractivity (Wildman–Crippen MR) is 113 cm³/mol. The van der Waals surface area contributed by atoms with Crippen LogP contribution in [0.3, 0.4) is 0 Å². The fourth-order valence-corrected chi connectivity index (χ4v) is 3.39. The van der Waals surface area contributed by atoms with E-state index in [4.69, 9.17) is 9.47 Å². The Kier molecular flexibility index (Phi) is 7.86. The zero-order chi connectivity index (χ0) is 20.5. The average molecular weight is 401 g/mol. The Morgan fingerprint density at radius 1 is 1.17 bits per heavy atom. The molecule has 29 heavy (non-hydrogen) atoms. The zero-order valence-corrected chi connectivity index (χ0v) is 17.7. The molecule has 2 heterocycles. The lowest BCUT2D eigenvalue weighted by Crippen LogP contribution is -2.37. The number of hydrogen-bond acceptors (Lipinski definition) is 5. The van der Waals surface area contributed by atoms with Gasteiger partial charge in [-0.1, -0.05) is 12.1 Å². The topological polar surface area (TPSA) is 85.6 Å². The van der Waals surface area contributed by atoms with Crippen LogP contribution in [0.1, 0.15) is 42.0 Å². The van der Waals surface area contributed by atoms with Crippen LogP contribution in [-0.4, -0.2) is 48.1 Å². The summed E-state index contributed by atoms with van der Waals surface area (Å²) in [6, 6.07) is 6.26. The number of aliphatic imine (C=N–C) groups is 1. The summed E-state index contributed by atoms with van der Waals surface area (Å²) in [5.41, 5.74) is 2.27. The van der Waals surface area contributed by atoms with Crippen molar-refractivity contribution in [1.82, 2.24) is 25.4 Å². The molecule has 0 spiro atoms. The lowest BCUT2D eigenvalue weighted by atomic mass is 10.1. The molecule has 0 fully saturated rings. The summed E-state index contributed by atoms with van der Waals surface area (Å²) < 4.78 is 13.3. The highest BCUT2D eigenvalue weighted by Crippen LogP contribution is 2.20. The fourth-order valence-electron chi connectivity index (χ4n) is 3.39. The lowest BCUT2D eigenvalue weighted by molar-refractivity contribution is 0.171. The van der Waals surface area contributed by atoms with Crippen LogP contribution in [-0.2, 0) is 30.8 Å². The number of benzene rings is 1. The molecule has 1 aromatic carbocycles. The van der Waals surface area contributed by atoms with E-state index in [2.05, 4.69) is 55.5 Å². The number of methoxy groups -OCH3 is 1. The third-order valence-electron chi connectivity index (χ3n) is 4.99. The van der Waals surface area contributed by atoms with E-state index in [0.717, 1.165) is 48.3 Å². The summed E-state index contributed by atoms with van der Waals surface area (Å²) in [4.78, 5) is 4.33. The molecule has 0 radical (unpaired) electrons. The van der Waals surface area contributed by atoms with Crippen LogP contribution < -0.4 is 15.4 Å². The summed E-state index contributed by atoms with van der Waals surface area (Å²) in [5.74, 6) is 3.67. The van der Waals surface area contributed by atoms with Crippen LogP contribution in [0.2, 0.25) is 0 Å². The van der Waals surface area contributed by atoms with Crippen molar-refractivity contribution in [2.45, 2.75) is 52.2 Å². The normalized spacial score (nSPS) is 13.8. The van der Waals surface area contributed by atoms with Gasteiger partial charge in [-0.25, -0.2) is 0 Å². The number of fused-ring (bicyclic) bond motifs is 1. The minimum absolute atomic E-state index is 0.598. The Morgan fingerprint density at radius 2 is 2.03 bits per heavy atom. The molecule has 0 bridgehead atoms. The second-order valence-corrected chi connectivity index (χ2v) is 7.23. The first-order chi connectivity index (χ1) is 14.2. The maximum Gasteiger partial charge on any atom is 0.191 e. The predicted octanol–water partition coefficient (Wildman–Crippen LogP) is 2.20.